The van der Waals surface area contributed by atoms with E-state index in [4.69, 9.17) is 0 Å². The van der Waals surface area contributed by atoms with Gasteiger partial charge in [0, 0.05) is 11.6 Å². The van der Waals surface area contributed by atoms with E-state index in [1.807, 2.05) is 35.8 Å². The molecule has 3 atom stereocenters. The molecule has 0 unspecified atom stereocenters. The zero-order chi connectivity index (χ0) is 24.7. The Morgan fingerprint density at radius 3 is 2.34 bits per heavy atom. The third-order valence-corrected chi connectivity index (χ3v) is 6.93. The Labute approximate surface area is 198 Å². The number of anilines is 1. The minimum absolute atomic E-state index is 0.105. The van der Waals surface area contributed by atoms with Crippen molar-refractivity contribution in [1.29, 1.82) is 0 Å². The molecule has 35 heavy (non-hydrogen) atoms. The first kappa shape index (κ1) is 23.1. The lowest BCUT2D eigenvalue weighted by atomic mass is 9.84. The molecule has 0 radical (unpaired) electrons. The largest absolute Gasteiger partial charge is 0.323 e. The summed E-state index contributed by atoms with van der Waals surface area (Å²) in [5.41, 5.74) is 3.29. The fourth-order valence-corrected chi connectivity index (χ4v) is 5.26. The summed E-state index contributed by atoms with van der Waals surface area (Å²) in [5, 5.41) is 1.86. The maximum atomic E-state index is 13.9. The number of nitrogens with zero attached hydrogens (tertiary/aromatic N) is 2. The molecular weight excluding hydrogens is 464 g/mol. The van der Waals surface area contributed by atoms with Crippen molar-refractivity contribution in [2.75, 3.05) is 5.43 Å². The zero-order valence-corrected chi connectivity index (χ0v) is 18.5. The van der Waals surface area contributed by atoms with Gasteiger partial charge in [-0.2, -0.15) is 22.5 Å². The number of nitrogens with one attached hydrogen (secondary N) is 2. The number of likely N-dealkylation sites (tertiary alicyclic amines) is 1. The van der Waals surface area contributed by atoms with Crippen molar-refractivity contribution in [3.63, 3.8) is 0 Å². The SMILES string of the molecule is O=C(NNc1c(F)c(F)nc(F)c1F)[C@@H]1C[C@@H]2CCCC[C@@H]2N1C(=O)c1ccc2ccccc2c1. The van der Waals surface area contributed by atoms with Gasteiger partial charge in [0.25, 0.3) is 23.7 Å². The third kappa shape index (κ3) is 4.17. The number of hydrazine groups is 1. The number of hydrogen-bond donors (Lipinski definition) is 2. The molecule has 0 bridgehead atoms. The van der Waals surface area contributed by atoms with Crippen molar-refractivity contribution in [2.45, 2.75) is 44.2 Å². The van der Waals surface area contributed by atoms with Crippen LogP contribution in [0.15, 0.2) is 42.5 Å². The molecule has 2 heterocycles. The van der Waals surface area contributed by atoms with Crippen molar-refractivity contribution in [3.8, 4) is 0 Å². The van der Waals surface area contributed by atoms with Crippen LogP contribution >= 0.6 is 0 Å². The van der Waals surface area contributed by atoms with Crippen LogP contribution in [0.4, 0.5) is 23.2 Å². The molecular formula is C25H22F4N4O2. The predicted molar refractivity (Wildman–Crippen MR) is 120 cm³/mol. The zero-order valence-electron chi connectivity index (χ0n) is 18.5. The molecule has 5 rings (SSSR count). The quantitative estimate of drug-likeness (QED) is 0.318. The standard InChI is InChI=1S/C25H22F4N4O2/c26-19-21(20(27)23(29)30-22(19)28)31-32-24(34)18-12-15-7-3-4-8-17(15)33(18)25(35)16-10-9-13-5-1-2-6-14(13)11-16/h1-2,5-6,9-11,15,17-18H,3-4,7-8,12H2,(H,30,31)(H,32,34)/t15-,17-,18-/m0/s1. The molecule has 3 aromatic rings. The lowest BCUT2D eigenvalue weighted by molar-refractivity contribution is -0.124. The molecule has 2 aromatic carbocycles. The van der Waals surface area contributed by atoms with Crippen molar-refractivity contribution in [1.82, 2.24) is 15.3 Å². The van der Waals surface area contributed by atoms with Crippen molar-refractivity contribution >= 4 is 28.3 Å². The normalized spacial score (nSPS) is 21.6. The summed E-state index contributed by atoms with van der Waals surface area (Å²) < 4.78 is 54.7. The van der Waals surface area contributed by atoms with Crippen LogP contribution in [0.3, 0.4) is 0 Å². The summed E-state index contributed by atoms with van der Waals surface area (Å²) >= 11 is 0. The highest BCUT2D eigenvalue weighted by atomic mass is 19.2. The number of amides is 2. The number of fused-ring (bicyclic) bond motifs is 2. The van der Waals surface area contributed by atoms with E-state index in [-0.39, 0.29) is 17.9 Å². The van der Waals surface area contributed by atoms with Gasteiger partial charge in [-0.1, -0.05) is 43.2 Å². The highest BCUT2D eigenvalue weighted by Gasteiger charge is 2.47. The van der Waals surface area contributed by atoms with Gasteiger partial charge in [0.05, 0.1) is 0 Å². The van der Waals surface area contributed by atoms with Gasteiger partial charge in [-0.15, -0.1) is 0 Å². The van der Waals surface area contributed by atoms with Gasteiger partial charge in [-0.05, 0) is 48.1 Å². The first-order chi connectivity index (χ1) is 16.8. The number of benzene rings is 2. The van der Waals surface area contributed by atoms with Crippen LogP contribution < -0.4 is 10.9 Å². The number of rotatable bonds is 4. The highest BCUT2D eigenvalue weighted by Crippen LogP contribution is 2.40. The second-order valence-electron chi connectivity index (χ2n) is 8.95. The maximum Gasteiger partial charge on any atom is 0.261 e. The first-order valence-corrected chi connectivity index (χ1v) is 11.4. The first-order valence-electron chi connectivity index (χ1n) is 11.4. The third-order valence-electron chi connectivity index (χ3n) is 6.93. The van der Waals surface area contributed by atoms with E-state index in [0.717, 1.165) is 36.5 Å². The topological polar surface area (TPSA) is 74.3 Å². The molecule has 1 aromatic heterocycles. The van der Waals surface area contributed by atoms with E-state index in [0.29, 0.717) is 12.0 Å². The molecule has 2 fully saturated rings. The Balaban J connectivity index is 1.41. The average Bonchev–Trinajstić information content (AvgIpc) is 3.26. The smallest absolute Gasteiger partial charge is 0.261 e. The Kier molecular flexibility index (Phi) is 6.04. The van der Waals surface area contributed by atoms with Gasteiger partial charge in [0.2, 0.25) is 11.6 Å². The summed E-state index contributed by atoms with van der Waals surface area (Å²) in [6.07, 6.45) is 3.87. The fourth-order valence-electron chi connectivity index (χ4n) is 5.26. The second-order valence-corrected chi connectivity index (χ2v) is 8.95. The number of pyridine rings is 1. The monoisotopic (exact) mass is 486 g/mol. The second kappa shape index (κ2) is 9.16. The fraction of sp³-hybridized carbons (Fsp3) is 0.320. The Hall–Kier alpha value is -3.69. The Morgan fingerprint density at radius 1 is 0.914 bits per heavy atom. The van der Waals surface area contributed by atoms with Crippen LogP contribution in [0, 0.1) is 29.4 Å². The van der Waals surface area contributed by atoms with E-state index in [2.05, 4.69) is 10.4 Å². The number of hydrogen-bond acceptors (Lipinski definition) is 4. The van der Waals surface area contributed by atoms with Crippen molar-refractivity contribution in [2.24, 2.45) is 5.92 Å². The van der Waals surface area contributed by atoms with Crippen LogP contribution in [0.25, 0.3) is 10.8 Å². The minimum Gasteiger partial charge on any atom is -0.323 e. The van der Waals surface area contributed by atoms with Gasteiger partial charge in [0.15, 0.2) is 0 Å². The summed E-state index contributed by atoms with van der Waals surface area (Å²) in [6, 6.07) is 11.8. The molecule has 2 aliphatic rings. The van der Waals surface area contributed by atoms with Crippen LogP contribution in [0.1, 0.15) is 42.5 Å². The molecule has 182 valence electrons. The van der Waals surface area contributed by atoms with Gasteiger partial charge < -0.3 is 4.90 Å². The van der Waals surface area contributed by atoms with Gasteiger partial charge >= 0.3 is 0 Å². The molecule has 1 aliphatic heterocycles. The molecule has 1 aliphatic carbocycles. The van der Waals surface area contributed by atoms with Crippen LogP contribution in [0.2, 0.25) is 0 Å². The average molecular weight is 486 g/mol. The number of carbonyl (C=O) groups is 2. The van der Waals surface area contributed by atoms with E-state index in [1.165, 1.54) is 0 Å². The molecule has 6 nitrogen and oxygen atoms in total. The number of halogens is 4. The number of aromatic nitrogens is 1. The maximum absolute atomic E-state index is 13.9. The van der Waals surface area contributed by atoms with Crippen LogP contribution in [-0.4, -0.2) is 33.8 Å². The Morgan fingerprint density at radius 2 is 1.60 bits per heavy atom. The van der Waals surface area contributed by atoms with Gasteiger partial charge in [-0.3, -0.25) is 20.4 Å². The molecule has 1 saturated heterocycles. The van der Waals surface area contributed by atoms with Crippen LogP contribution in [0.5, 0.6) is 0 Å². The van der Waals surface area contributed by atoms with Gasteiger partial charge in [0.1, 0.15) is 11.7 Å². The summed E-state index contributed by atoms with van der Waals surface area (Å²) in [7, 11) is 0. The van der Waals surface area contributed by atoms with E-state index in [1.54, 1.807) is 17.0 Å². The molecule has 2 amide bonds. The van der Waals surface area contributed by atoms with Crippen molar-refractivity contribution < 1.29 is 27.2 Å². The number of carbonyl (C=O) groups excluding carboxylic acids is 2. The minimum atomic E-state index is -1.85. The Bertz CT molecular complexity index is 1290. The van der Waals surface area contributed by atoms with E-state index >= 15 is 0 Å². The summed E-state index contributed by atoms with van der Waals surface area (Å²) in [5.74, 6) is -8.18. The predicted octanol–water partition coefficient (Wildman–Crippen LogP) is 4.71. The van der Waals surface area contributed by atoms with Gasteiger partial charge in [-0.25, -0.2) is 0 Å². The molecule has 1 saturated carbocycles. The van der Waals surface area contributed by atoms with Crippen molar-refractivity contribution in [3.05, 3.63) is 71.6 Å². The summed E-state index contributed by atoms with van der Waals surface area (Å²) in [4.78, 5) is 30.8. The van der Waals surface area contributed by atoms with Crippen LogP contribution in [-0.2, 0) is 4.79 Å². The molecule has 2 N–H and O–H groups in total. The molecule has 10 heteroatoms. The lowest BCUT2D eigenvalue weighted by Crippen LogP contribution is -2.50. The lowest BCUT2D eigenvalue weighted by Gasteiger charge is -2.33. The highest BCUT2D eigenvalue weighted by molar-refractivity contribution is 6.01. The summed E-state index contributed by atoms with van der Waals surface area (Å²) in [6.45, 7) is 0. The molecule has 0 spiro atoms. The van der Waals surface area contributed by atoms with E-state index in [9.17, 15) is 27.2 Å². The van der Waals surface area contributed by atoms with E-state index < -0.39 is 41.2 Å².